The lowest BCUT2D eigenvalue weighted by molar-refractivity contribution is 0.0846. The molecule has 0 aliphatic carbocycles. The molecule has 3 rings (SSSR count). The molecule has 1 saturated heterocycles. The van der Waals surface area contributed by atoms with Gasteiger partial charge in [-0.15, -0.1) is 0 Å². The molecule has 1 fully saturated rings. The summed E-state index contributed by atoms with van der Waals surface area (Å²) in [6.45, 7) is 1.73. The molecule has 1 aromatic carbocycles. The van der Waals surface area contributed by atoms with Gasteiger partial charge in [0.05, 0.1) is 5.52 Å². The molecule has 3 heteroatoms. The van der Waals surface area contributed by atoms with E-state index in [2.05, 4.69) is 40.2 Å². The van der Waals surface area contributed by atoms with Crippen molar-refractivity contribution in [2.24, 2.45) is 0 Å². The van der Waals surface area contributed by atoms with Crippen molar-refractivity contribution in [1.82, 2.24) is 4.98 Å². The Bertz CT molecular complexity index is 535. The Hall–Kier alpha value is -0.930. The van der Waals surface area contributed by atoms with Crippen LogP contribution in [0.2, 0.25) is 0 Å². The number of pyridine rings is 1. The lowest BCUT2D eigenvalue weighted by atomic mass is 9.95. The fourth-order valence-electron chi connectivity index (χ4n) is 2.33. The molecular weight excluding hydrogens is 278 g/mol. The lowest BCUT2D eigenvalue weighted by Gasteiger charge is -2.21. The number of ether oxygens (including phenoxy) is 1. The van der Waals surface area contributed by atoms with Crippen LogP contribution in [0.15, 0.2) is 34.8 Å². The van der Waals surface area contributed by atoms with E-state index >= 15 is 0 Å². The van der Waals surface area contributed by atoms with Gasteiger partial charge in [-0.2, -0.15) is 0 Å². The molecule has 0 atom stereocenters. The highest BCUT2D eigenvalue weighted by Crippen LogP contribution is 2.27. The van der Waals surface area contributed by atoms with Crippen LogP contribution >= 0.6 is 15.9 Å². The van der Waals surface area contributed by atoms with E-state index in [0.717, 1.165) is 36.0 Å². The minimum atomic E-state index is 0.566. The molecule has 0 saturated carbocycles. The highest BCUT2D eigenvalue weighted by Gasteiger charge is 2.17. The average Bonchev–Trinajstić information content (AvgIpc) is 2.39. The second kappa shape index (κ2) is 4.75. The first-order valence-corrected chi connectivity index (χ1v) is 6.76. The molecule has 2 nitrogen and oxygen atoms in total. The molecular formula is C14H14BrNO. The predicted octanol–water partition coefficient (Wildman–Crippen LogP) is 3.89. The fourth-order valence-corrected chi connectivity index (χ4v) is 2.71. The zero-order valence-electron chi connectivity index (χ0n) is 9.53. The zero-order chi connectivity index (χ0) is 11.7. The molecule has 2 aromatic rings. The Morgan fingerprint density at radius 2 is 1.94 bits per heavy atom. The lowest BCUT2D eigenvalue weighted by Crippen LogP contribution is -2.15. The number of nitrogens with zero attached hydrogens (tertiary/aromatic N) is 1. The summed E-state index contributed by atoms with van der Waals surface area (Å²) < 4.78 is 6.49. The summed E-state index contributed by atoms with van der Waals surface area (Å²) in [6, 6.07) is 10.5. The Balaban J connectivity index is 1.98. The van der Waals surface area contributed by atoms with Gasteiger partial charge in [-0.1, -0.05) is 22.0 Å². The van der Waals surface area contributed by atoms with E-state index in [1.165, 1.54) is 11.1 Å². The van der Waals surface area contributed by atoms with Crippen molar-refractivity contribution in [1.29, 1.82) is 0 Å². The maximum atomic E-state index is 5.39. The number of halogens is 1. The van der Waals surface area contributed by atoms with Crippen LogP contribution in [0.1, 0.15) is 24.5 Å². The highest BCUT2D eigenvalue weighted by atomic mass is 79.9. The van der Waals surface area contributed by atoms with Crippen LogP contribution in [-0.4, -0.2) is 18.2 Å². The van der Waals surface area contributed by atoms with Gasteiger partial charge in [0.2, 0.25) is 0 Å². The van der Waals surface area contributed by atoms with Crippen LogP contribution < -0.4 is 0 Å². The first-order valence-electron chi connectivity index (χ1n) is 5.97. The van der Waals surface area contributed by atoms with E-state index in [9.17, 15) is 0 Å². The molecule has 17 heavy (non-hydrogen) atoms. The molecule has 0 bridgehead atoms. The van der Waals surface area contributed by atoms with Gasteiger partial charge in [-0.05, 0) is 37.1 Å². The summed E-state index contributed by atoms with van der Waals surface area (Å²) in [5.41, 5.74) is 2.29. The molecule has 1 aliphatic rings. The van der Waals surface area contributed by atoms with Crippen molar-refractivity contribution in [2.75, 3.05) is 13.2 Å². The minimum absolute atomic E-state index is 0.566. The number of rotatable bonds is 1. The van der Waals surface area contributed by atoms with Crippen molar-refractivity contribution in [3.8, 4) is 0 Å². The molecule has 0 radical (unpaired) electrons. The third-order valence-corrected chi connectivity index (χ3v) is 3.81. The van der Waals surface area contributed by atoms with E-state index in [4.69, 9.17) is 9.72 Å². The molecule has 0 unspecified atom stereocenters. The standard InChI is InChI=1S/C14H14BrNO/c15-12-2-4-14-11(9-12)1-3-13(16-14)10-5-7-17-8-6-10/h1-4,9-10H,5-8H2. The quantitative estimate of drug-likeness (QED) is 0.795. The van der Waals surface area contributed by atoms with Crippen molar-refractivity contribution in [3.05, 3.63) is 40.5 Å². The van der Waals surface area contributed by atoms with Crippen LogP contribution in [0.4, 0.5) is 0 Å². The monoisotopic (exact) mass is 291 g/mol. The average molecular weight is 292 g/mol. The summed E-state index contributed by atoms with van der Waals surface area (Å²) >= 11 is 3.48. The number of aromatic nitrogens is 1. The van der Waals surface area contributed by atoms with Crippen molar-refractivity contribution >= 4 is 26.8 Å². The topological polar surface area (TPSA) is 22.1 Å². The summed E-state index contributed by atoms with van der Waals surface area (Å²) in [6.07, 6.45) is 2.18. The highest BCUT2D eigenvalue weighted by molar-refractivity contribution is 9.10. The van der Waals surface area contributed by atoms with E-state index in [1.54, 1.807) is 0 Å². The SMILES string of the molecule is Brc1ccc2nc(C3CCOCC3)ccc2c1. The summed E-state index contributed by atoms with van der Waals surface area (Å²) in [5.74, 6) is 0.566. The Labute approximate surface area is 109 Å². The Morgan fingerprint density at radius 3 is 2.76 bits per heavy atom. The Kier molecular flexibility index (Phi) is 3.12. The number of benzene rings is 1. The van der Waals surface area contributed by atoms with Gasteiger partial charge >= 0.3 is 0 Å². The maximum absolute atomic E-state index is 5.39. The van der Waals surface area contributed by atoms with Gasteiger partial charge in [0.25, 0.3) is 0 Å². The second-order valence-corrected chi connectivity index (χ2v) is 5.38. The van der Waals surface area contributed by atoms with Crippen LogP contribution in [0.5, 0.6) is 0 Å². The molecule has 0 spiro atoms. The number of hydrogen-bond acceptors (Lipinski definition) is 2. The van der Waals surface area contributed by atoms with Crippen LogP contribution in [0.3, 0.4) is 0 Å². The smallest absolute Gasteiger partial charge is 0.0706 e. The molecule has 1 aromatic heterocycles. The van der Waals surface area contributed by atoms with Crippen molar-refractivity contribution < 1.29 is 4.74 Å². The van der Waals surface area contributed by atoms with Gasteiger partial charge in [0.1, 0.15) is 0 Å². The number of hydrogen-bond donors (Lipinski definition) is 0. The molecule has 1 aliphatic heterocycles. The third kappa shape index (κ3) is 2.35. The van der Waals surface area contributed by atoms with Crippen molar-refractivity contribution in [3.63, 3.8) is 0 Å². The molecule has 0 N–H and O–H groups in total. The van der Waals surface area contributed by atoms with Crippen molar-refractivity contribution in [2.45, 2.75) is 18.8 Å². The van der Waals surface area contributed by atoms with Gasteiger partial charge < -0.3 is 4.74 Å². The van der Waals surface area contributed by atoms with Crippen LogP contribution in [-0.2, 0) is 4.74 Å². The Morgan fingerprint density at radius 1 is 1.12 bits per heavy atom. The summed E-state index contributed by atoms with van der Waals surface area (Å²) in [4.78, 5) is 4.76. The van der Waals surface area contributed by atoms with E-state index in [-0.39, 0.29) is 0 Å². The van der Waals surface area contributed by atoms with Gasteiger partial charge in [-0.3, -0.25) is 4.98 Å². The molecule has 0 amide bonds. The number of fused-ring (bicyclic) bond motifs is 1. The first kappa shape index (κ1) is 11.2. The van der Waals surface area contributed by atoms with Gasteiger partial charge in [0.15, 0.2) is 0 Å². The summed E-state index contributed by atoms with van der Waals surface area (Å²) in [5, 5.41) is 1.19. The first-order chi connectivity index (χ1) is 8.33. The van der Waals surface area contributed by atoms with Crippen LogP contribution in [0, 0.1) is 0 Å². The maximum Gasteiger partial charge on any atom is 0.0706 e. The molecule has 2 heterocycles. The molecule has 88 valence electrons. The van der Waals surface area contributed by atoms with Gasteiger partial charge in [-0.25, -0.2) is 0 Å². The van der Waals surface area contributed by atoms with E-state index in [0.29, 0.717) is 5.92 Å². The third-order valence-electron chi connectivity index (χ3n) is 3.31. The normalized spacial score (nSPS) is 17.5. The fraction of sp³-hybridized carbons (Fsp3) is 0.357. The zero-order valence-corrected chi connectivity index (χ0v) is 11.1. The second-order valence-electron chi connectivity index (χ2n) is 4.46. The largest absolute Gasteiger partial charge is 0.381 e. The van der Waals surface area contributed by atoms with Crippen LogP contribution in [0.25, 0.3) is 10.9 Å². The van der Waals surface area contributed by atoms with E-state index in [1.807, 2.05) is 6.07 Å². The van der Waals surface area contributed by atoms with E-state index < -0.39 is 0 Å². The minimum Gasteiger partial charge on any atom is -0.381 e. The van der Waals surface area contributed by atoms with Gasteiger partial charge in [0, 0.05) is 34.7 Å². The summed E-state index contributed by atoms with van der Waals surface area (Å²) in [7, 11) is 0. The predicted molar refractivity (Wildman–Crippen MR) is 72.2 cm³/mol.